The molecule has 2 aromatic rings. The van der Waals surface area contributed by atoms with E-state index in [2.05, 4.69) is 10.6 Å². The van der Waals surface area contributed by atoms with Gasteiger partial charge in [0.05, 0.1) is 4.90 Å². The highest BCUT2D eigenvalue weighted by Crippen LogP contribution is 2.16. The molecule has 8 heteroatoms. The fourth-order valence-corrected chi connectivity index (χ4v) is 2.94. The molecule has 0 aliphatic carbocycles. The minimum Gasteiger partial charge on any atom is -0.444 e. The Morgan fingerprint density at radius 3 is 2.25 bits per heavy atom. The van der Waals surface area contributed by atoms with E-state index in [4.69, 9.17) is 4.74 Å². The smallest absolute Gasteiger partial charge is 0.407 e. The first-order valence-electron chi connectivity index (χ1n) is 8.61. The summed E-state index contributed by atoms with van der Waals surface area (Å²) in [5.74, 6) is -0.364. The molecule has 7 nitrogen and oxygen atoms in total. The van der Waals surface area contributed by atoms with Crippen molar-refractivity contribution in [1.82, 2.24) is 5.32 Å². The van der Waals surface area contributed by atoms with Crippen LogP contribution >= 0.6 is 0 Å². The number of alkyl carbamates (subject to hydrolysis) is 1. The van der Waals surface area contributed by atoms with E-state index >= 15 is 0 Å². The number of rotatable bonds is 5. The second-order valence-electron chi connectivity index (χ2n) is 7.31. The molecule has 2 rings (SSSR count). The van der Waals surface area contributed by atoms with Crippen molar-refractivity contribution in [2.24, 2.45) is 0 Å². The summed E-state index contributed by atoms with van der Waals surface area (Å²) in [6.07, 6.45) is 0.595. The Hall–Kier alpha value is -2.87. The summed E-state index contributed by atoms with van der Waals surface area (Å²) in [4.78, 5) is 24.2. The highest BCUT2D eigenvalue weighted by atomic mass is 32.2. The first-order valence-corrected chi connectivity index (χ1v) is 10.5. The fraction of sp³-hybridized carbons (Fsp3) is 0.300. The zero-order chi connectivity index (χ0) is 20.9. The van der Waals surface area contributed by atoms with Crippen molar-refractivity contribution >= 4 is 27.5 Å². The Balaban J connectivity index is 1.98. The van der Waals surface area contributed by atoms with Crippen molar-refractivity contribution < 1.29 is 22.7 Å². The molecule has 0 fully saturated rings. The number of nitrogens with one attached hydrogen (secondary N) is 2. The summed E-state index contributed by atoms with van der Waals surface area (Å²) in [5, 5.41) is 5.32. The van der Waals surface area contributed by atoms with Crippen LogP contribution in [0, 0.1) is 0 Å². The Labute approximate surface area is 165 Å². The number of sulfone groups is 1. The number of ether oxygens (including phenoxy) is 1. The van der Waals surface area contributed by atoms with Gasteiger partial charge in [0.1, 0.15) is 5.60 Å². The first-order chi connectivity index (χ1) is 12.9. The number of hydrogen-bond acceptors (Lipinski definition) is 5. The largest absolute Gasteiger partial charge is 0.444 e. The Morgan fingerprint density at radius 2 is 1.68 bits per heavy atom. The molecule has 0 atom stereocenters. The number of amides is 2. The molecule has 150 valence electrons. The van der Waals surface area contributed by atoms with Gasteiger partial charge in [0.15, 0.2) is 9.84 Å². The van der Waals surface area contributed by atoms with Gasteiger partial charge in [-0.2, -0.15) is 0 Å². The summed E-state index contributed by atoms with van der Waals surface area (Å²) >= 11 is 0. The van der Waals surface area contributed by atoms with Gasteiger partial charge in [-0.25, -0.2) is 13.2 Å². The maximum atomic E-state index is 12.4. The van der Waals surface area contributed by atoms with Gasteiger partial charge in [0.25, 0.3) is 5.91 Å². The third kappa shape index (κ3) is 6.70. The van der Waals surface area contributed by atoms with Gasteiger partial charge in [-0.05, 0) is 56.7 Å². The van der Waals surface area contributed by atoms with Gasteiger partial charge in [-0.15, -0.1) is 0 Å². The Bertz CT molecular complexity index is 961. The Kier molecular flexibility index (Phi) is 6.45. The lowest BCUT2D eigenvalue weighted by Gasteiger charge is -2.19. The molecule has 0 saturated carbocycles. The average molecular weight is 404 g/mol. The van der Waals surface area contributed by atoms with E-state index < -0.39 is 21.5 Å². The highest BCUT2D eigenvalue weighted by Gasteiger charge is 2.16. The quantitative estimate of drug-likeness (QED) is 0.796. The molecule has 2 aromatic carbocycles. The standard InChI is InChI=1S/C20H24N2O5S/c1-20(2,3)27-19(24)21-13-14-8-10-15(11-9-14)18(23)22-16-6-5-7-17(12-16)28(4,25)26/h5-12H,13H2,1-4H3,(H,21,24)(H,22,23). The molecule has 2 N–H and O–H groups in total. The van der Waals surface area contributed by atoms with E-state index in [1.54, 1.807) is 57.2 Å². The fourth-order valence-electron chi connectivity index (χ4n) is 2.27. The van der Waals surface area contributed by atoms with Crippen molar-refractivity contribution in [3.8, 4) is 0 Å². The summed E-state index contributed by atoms with van der Waals surface area (Å²) in [6.45, 7) is 5.62. The van der Waals surface area contributed by atoms with Crippen molar-refractivity contribution in [2.45, 2.75) is 37.8 Å². The van der Waals surface area contributed by atoms with Crippen LogP contribution in [0.1, 0.15) is 36.7 Å². The van der Waals surface area contributed by atoms with Crippen molar-refractivity contribution in [1.29, 1.82) is 0 Å². The zero-order valence-corrected chi connectivity index (χ0v) is 17.1. The van der Waals surface area contributed by atoms with Crippen molar-refractivity contribution in [3.63, 3.8) is 0 Å². The van der Waals surface area contributed by atoms with E-state index in [9.17, 15) is 18.0 Å². The van der Waals surface area contributed by atoms with Crippen LogP contribution < -0.4 is 10.6 Å². The molecule has 0 aromatic heterocycles. The van der Waals surface area contributed by atoms with E-state index in [0.29, 0.717) is 11.3 Å². The molecule has 0 aliphatic heterocycles. The minimum absolute atomic E-state index is 0.133. The van der Waals surface area contributed by atoms with E-state index in [1.165, 1.54) is 12.1 Å². The summed E-state index contributed by atoms with van der Waals surface area (Å²) < 4.78 is 28.4. The van der Waals surface area contributed by atoms with Crippen molar-refractivity contribution in [3.05, 3.63) is 59.7 Å². The third-order valence-corrected chi connectivity index (χ3v) is 4.68. The SMILES string of the molecule is CC(C)(C)OC(=O)NCc1ccc(C(=O)Nc2cccc(S(C)(=O)=O)c2)cc1. The first kappa shape index (κ1) is 21.4. The maximum Gasteiger partial charge on any atom is 0.407 e. The molecule has 2 amide bonds. The van der Waals surface area contributed by atoms with E-state index in [-0.39, 0.29) is 17.3 Å². The topological polar surface area (TPSA) is 102 Å². The highest BCUT2D eigenvalue weighted by molar-refractivity contribution is 7.90. The normalized spacial score (nSPS) is 11.6. The summed E-state index contributed by atoms with van der Waals surface area (Å²) in [6, 6.07) is 12.8. The molecular formula is C20H24N2O5S. The molecule has 0 unspecified atom stereocenters. The number of hydrogen-bond donors (Lipinski definition) is 2. The lowest BCUT2D eigenvalue weighted by atomic mass is 10.1. The predicted molar refractivity (Wildman–Crippen MR) is 107 cm³/mol. The van der Waals surface area contributed by atoms with Crippen LogP contribution in [0.2, 0.25) is 0 Å². The molecule has 0 spiro atoms. The molecule has 0 aliphatic rings. The lowest BCUT2D eigenvalue weighted by molar-refractivity contribution is 0.0523. The minimum atomic E-state index is -3.35. The van der Waals surface area contributed by atoms with Crippen LogP contribution in [0.4, 0.5) is 10.5 Å². The molecular weight excluding hydrogens is 380 g/mol. The third-order valence-electron chi connectivity index (χ3n) is 3.57. The van der Waals surface area contributed by atoms with Gasteiger partial charge in [0, 0.05) is 24.1 Å². The molecule has 0 radical (unpaired) electrons. The van der Waals surface area contributed by atoms with Crippen LogP contribution in [0.15, 0.2) is 53.4 Å². The maximum absolute atomic E-state index is 12.4. The summed E-state index contributed by atoms with van der Waals surface area (Å²) in [7, 11) is -3.35. The second-order valence-corrected chi connectivity index (χ2v) is 9.32. The second kappa shape index (κ2) is 8.43. The number of carbonyl (C=O) groups excluding carboxylic acids is 2. The van der Waals surface area contributed by atoms with Crippen LogP contribution in [0.3, 0.4) is 0 Å². The van der Waals surface area contributed by atoms with Gasteiger partial charge >= 0.3 is 6.09 Å². The van der Waals surface area contributed by atoms with Gasteiger partial charge in [-0.1, -0.05) is 18.2 Å². The number of carbonyl (C=O) groups is 2. The molecule has 0 saturated heterocycles. The summed E-state index contributed by atoms with van der Waals surface area (Å²) in [5.41, 5.74) is 1.04. The predicted octanol–water partition coefficient (Wildman–Crippen LogP) is 3.37. The van der Waals surface area contributed by atoms with Gasteiger partial charge in [0.2, 0.25) is 0 Å². The van der Waals surface area contributed by atoms with Crippen LogP contribution in [0.5, 0.6) is 0 Å². The monoisotopic (exact) mass is 404 g/mol. The molecule has 0 bridgehead atoms. The van der Waals surface area contributed by atoms with Crippen LogP contribution in [0.25, 0.3) is 0 Å². The van der Waals surface area contributed by atoms with Crippen molar-refractivity contribution in [2.75, 3.05) is 11.6 Å². The number of anilines is 1. The molecule has 0 heterocycles. The van der Waals surface area contributed by atoms with E-state index in [1.807, 2.05) is 0 Å². The van der Waals surface area contributed by atoms with Gasteiger partial charge in [-0.3, -0.25) is 4.79 Å². The lowest BCUT2D eigenvalue weighted by Crippen LogP contribution is -2.32. The van der Waals surface area contributed by atoms with Crippen LogP contribution in [-0.2, 0) is 21.1 Å². The number of benzene rings is 2. The average Bonchev–Trinajstić information content (AvgIpc) is 2.58. The van der Waals surface area contributed by atoms with Crippen LogP contribution in [-0.4, -0.2) is 32.3 Å². The zero-order valence-electron chi connectivity index (χ0n) is 16.3. The molecule has 28 heavy (non-hydrogen) atoms. The van der Waals surface area contributed by atoms with Gasteiger partial charge < -0.3 is 15.4 Å². The Morgan fingerprint density at radius 1 is 1.04 bits per heavy atom. The van der Waals surface area contributed by atoms with E-state index in [0.717, 1.165) is 11.8 Å².